The first kappa shape index (κ1) is 19.2. The molecule has 4 rings (SSSR count). The minimum atomic E-state index is -0.223. The number of hydrogen-bond acceptors (Lipinski definition) is 4. The average Bonchev–Trinajstić information content (AvgIpc) is 2.71. The van der Waals surface area contributed by atoms with E-state index in [1.807, 2.05) is 69.3 Å². The minimum Gasteiger partial charge on any atom is -0.361 e. The smallest absolute Gasteiger partial charge is 0.263 e. The summed E-state index contributed by atoms with van der Waals surface area (Å²) in [4.78, 5) is 22.0. The fourth-order valence-electron chi connectivity index (χ4n) is 3.55. The molecule has 6 heteroatoms. The second kappa shape index (κ2) is 7.68. The van der Waals surface area contributed by atoms with Crippen molar-refractivity contribution in [2.45, 2.75) is 26.8 Å². The van der Waals surface area contributed by atoms with Gasteiger partial charge in [0.15, 0.2) is 0 Å². The van der Waals surface area contributed by atoms with Gasteiger partial charge in [0, 0.05) is 11.4 Å². The number of nitrogens with one attached hydrogen (secondary N) is 1. The first-order valence-corrected chi connectivity index (χ1v) is 9.80. The Kier molecular flexibility index (Phi) is 5.07. The van der Waals surface area contributed by atoms with E-state index in [-0.39, 0.29) is 11.6 Å². The SMILES string of the molecule is Cc1ncc(Cl)c(N[C@@H](C)c2cc3cccc(C)c3c(=O)n2-c2ccccc2)n1. The van der Waals surface area contributed by atoms with Crippen molar-refractivity contribution < 1.29 is 0 Å². The number of hydrogen-bond donors (Lipinski definition) is 1. The maximum Gasteiger partial charge on any atom is 0.263 e. The second-order valence-corrected chi connectivity index (χ2v) is 7.47. The summed E-state index contributed by atoms with van der Waals surface area (Å²) in [6, 6.07) is 17.4. The Bertz CT molecular complexity index is 1250. The van der Waals surface area contributed by atoms with E-state index in [1.54, 1.807) is 10.8 Å². The quantitative estimate of drug-likeness (QED) is 0.506. The van der Waals surface area contributed by atoms with E-state index in [2.05, 4.69) is 21.4 Å². The Labute approximate surface area is 174 Å². The zero-order valence-electron chi connectivity index (χ0n) is 16.5. The number of aryl methyl sites for hydroxylation is 2. The third-order valence-electron chi connectivity index (χ3n) is 4.96. The van der Waals surface area contributed by atoms with Gasteiger partial charge in [-0.15, -0.1) is 0 Å². The third-order valence-corrected chi connectivity index (χ3v) is 5.24. The van der Waals surface area contributed by atoms with E-state index in [4.69, 9.17) is 11.6 Å². The summed E-state index contributed by atoms with van der Waals surface area (Å²) in [5.41, 5.74) is 2.56. The van der Waals surface area contributed by atoms with E-state index >= 15 is 0 Å². The highest BCUT2D eigenvalue weighted by Gasteiger charge is 2.18. The van der Waals surface area contributed by atoms with Crippen LogP contribution in [0, 0.1) is 13.8 Å². The highest BCUT2D eigenvalue weighted by molar-refractivity contribution is 6.32. The van der Waals surface area contributed by atoms with Crippen molar-refractivity contribution in [2.75, 3.05) is 5.32 Å². The lowest BCUT2D eigenvalue weighted by molar-refractivity contribution is 0.771. The number of pyridine rings is 1. The van der Waals surface area contributed by atoms with Gasteiger partial charge in [-0.05, 0) is 49.9 Å². The van der Waals surface area contributed by atoms with E-state index < -0.39 is 0 Å². The molecule has 0 saturated heterocycles. The van der Waals surface area contributed by atoms with Crippen LogP contribution in [0.25, 0.3) is 16.5 Å². The Balaban J connectivity index is 1.93. The van der Waals surface area contributed by atoms with E-state index in [1.165, 1.54) is 0 Å². The highest BCUT2D eigenvalue weighted by Crippen LogP contribution is 2.27. The Hall–Kier alpha value is -3.18. The first-order chi connectivity index (χ1) is 14.0. The Morgan fingerprint density at radius 2 is 1.83 bits per heavy atom. The maximum absolute atomic E-state index is 13.5. The molecule has 2 heterocycles. The largest absolute Gasteiger partial charge is 0.361 e. The molecule has 0 saturated carbocycles. The van der Waals surface area contributed by atoms with Crippen LogP contribution < -0.4 is 10.9 Å². The molecule has 5 nitrogen and oxygen atoms in total. The predicted molar refractivity (Wildman–Crippen MR) is 118 cm³/mol. The molecule has 0 radical (unpaired) electrons. The zero-order valence-corrected chi connectivity index (χ0v) is 17.2. The van der Waals surface area contributed by atoms with Gasteiger partial charge in [0.2, 0.25) is 0 Å². The summed E-state index contributed by atoms with van der Waals surface area (Å²) in [5.74, 6) is 1.17. The van der Waals surface area contributed by atoms with Crippen LogP contribution in [-0.4, -0.2) is 14.5 Å². The summed E-state index contributed by atoms with van der Waals surface area (Å²) in [7, 11) is 0. The molecule has 146 valence electrons. The number of fused-ring (bicyclic) bond motifs is 1. The monoisotopic (exact) mass is 404 g/mol. The molecule has 0 aliphatic heterocycles. The van der Waals surface area contributed by atoms with E-state index in [0.717, 1.165) is 27.7 Å². The third kappa shape index (κ3) is 3.61. The highest BCUT2D eigenvalue weighted by atomic mass is 35.5. The van der Waals surface area contributed by atoms with Gasteiger partial charge in [0.25, 0.3) is 5.56 Å². The molecule has 0 unspecified atom stereocenters. The molecule has 0 aliphatic carbocycles. The number of benzene rings is 2. The normalized spacial score (nSPS) is 12.1. The Morgan fingerprint density at radius 3 is 2.59 bits per heavy atom. The number of anilines is 1. The van der Waals surface area contributed by atoms with Gasteiger partial charge >= 0.3 is 0 Å². The van der Waals surface area contributed by atoms with Crippen molar-refractivity contribution in [1.82, 2.24) is 14.5 Å². The molecule has 0 bridgehead atoms. The molecule has 4 aromatic rings. The zero-order chi connectivity index (χ0) is 20.5. The average molecular weight is 405 g/mol. The first-order valence-electron chi connectivity index (χ1n) is 9.42. The van der Waals surface area contributed by atoms with Crippen LogP contribution in [0.5, 0.6) is 0 Å². The van der Waals surface area contributed by atoms with Gasteiger partial charge in [-0.2, -0.15) is 0 Å². The minimum absolute atomic E-state index is 0.0413. The standard InChI is InChI=1S/C23H21ClN4O/c1-14-8-7-9-17-12-20(15(2)26-22-19(24)13-25-16(3)27-22)28(23(29)21(14)17)18-10-5-4-6-11-18/h4-13,15H,1-3H3,(H,25,26,27)/t15-/m0/s1. The van der Waals surface area contributed by atoms with Crippen LogP contribution >= 0.6 is 11.6 Å². The van der Waals surface area contributed by atoms with Crippen molar-refractivity contribution in [2.24, 2.45) is 0 Å². The lowest BCUT2D eigenvalue weighted by Crippen LogP contribution is -2.26. The van der Waals surface area contributed by atoms with Crippen molar-refractivity contribution >= 4 is 28.2 Å². The number of halogens is 1. The van der Waals surface area contributed by atoms with Crippen LogP contribution in [-0.2, 0) is 0 Å². The fourth-order valence-corrected chi connectivity index (χ4v) is 3.70. The maximum atomic E-state index is 13.5. The molecule has 29 heavy (non-hydrogen) atoms. The van der Waals surface area contributed by atoms with Crippen molar-refractivity contribution in [3.05, 3.63) is 93.3 Å². The van der Waals surface area contributed by atoms with Crippen LogP contribution in [0.3, 0.4) is 0 Å². The van der Waals surface area contributed by atoms with Gasteiger partial charge in [0.1, 0.15) is 16.7 Å². The van der Waals surface area contributed by atoms with E-state index in [0.29, 0.717) is 16.7 Å². The van der Waals surface area contributed by atoms with Gasteiger partial charge in [-0.1, -0.05) is 48.0 Å². The molecule has 1 N–H and O–H groups in total. The molecular weight excluding hydrogens is 384 g/mol. The molecule has 0 fully saturated rings. The summed E-state index contributed by atoms with van der Waals surface area (Å²) in [6.45, 7) is 5.76. The number of rotatable bonds is 4. The molecular formula is C23H21ClN4O. The van der Waals surface area contributed by atoms with Crippen molar-refractivity contribution in [3.8, 4) is 5.69 Å². The van der Waals surface area contributed by atoms with Crippen molar-refractivity contribution in [3.63, 3.8) is 0 Å². The van der Waals surface area contributed by atoms with Crippen LogP contribution in [0.1, 0.15) is 30.0 Å². The molecule has 2 aromatic carbocycles. The molecule has 0 amide bonds. The van der Waals surface area contributed by atoms with Gasteiger partial charge < -0.3 is 5.32 Å². The summed E-state index contributed by atoms with van der Waals surface area (Å²) < 4.78 is 1.76. The Morgan fingerprint density at radius 1 is 1.07 bits per heavy atom. The molecule has 0 aliphatic rings. The van der Waals surface area contributed by atoms with Crippen LogP contribution in [0.15, 0.2) is 65.6 Å². The van der Waals surface area contributed by atoms with Crippen LogP contribution in [0.4, 0.5) is 5.82 Å². The van der Waals surface area contributed by atoms with Gasteiger partial charge in [0.05, 0.1) is 17.6 Å². The fraction of sp³-hybridized carbons (Fsp3) is 0.174. The van der Waals surface area contributed by atoms with Crippen molar-refractivity contribution in [1.29, 1.82) is 0 Å². The predicted octanol–water partition coefficient (Wildman–Crippen LogP) is 5.22. The van der Waals surface area contributed by atoms with Gasteiger partial charge in [-0.3, -0.25) is 9.36 Å². The molecule has 1 atom stereocenters. The number of nitrogens with zero attached hydrogens (tertiary/aromatic N) is 3. The molecule has 0 spiro atoms. The van der Waals surface area contributed by atoms with Crippen LogP contribution in [0.2, 0.25) is 5.02 Å². The lowest BCUT2D eigenvalue weighted by atomic mass is 10.0. The lowest BCUT2D eigenvalue weighted by Gasteiger charge is -2.22. The molecule has 2 aromatic heterocycles. The summed E-state index contributed by atoms with van der Waals surface area (Å²) in [6.07, 6.45) is 1.58. The van der Waals surface area contributed by atoms with Gasteiger partial charge in [-0.25, -0.2) is 9.97 Å². The number of para-hydroxylation sites is 1. The van der Waals surface area contributed by atoms with E-state index in [9.17, 15) is 4.79 Å². The topological polar surface area (TPSA) is 59.8 Å². The number of aromatic nitrogens is 3. The second-order valence-electron chi connectivity index (χ2n) is 7.06. The summed E-state index contributed by atoms with van der Waals surface area (Å²) in [5, 5.41) is 5.42. The summed E-state index contributed by atoms with van der Waals surface area (Å²) >= 11 is 6.28.